The topological polar surface area (TPSA) is 101 Å². The third-order valence-corrected chi connectivity index (χ3v) is 10.3. The van der Waals surface area contributed by atoms with Crippen LogP contribution in [0, 0.1) is 34.5 Å². The number of carbonyl (C=O) groups is 2. The van der Waals surface area contributed by atoms with Gasteiger partial charge in [-0.3, -0.25) is 9.59 Å². The summed E-state index contributed by atoms with van der Waals surface area (Å²) in [5.41, 5.74) is -0.630. The lowest BCUT2D eigenvalue weighted by atomic mass is 9.44. The van der Waals surface area contributed by atoms with E-state index in [1.165, 1.54) is 7.11 Å². The Morgan fingerprint density at radius 3 is 2.76 bits per heavy atom. The Balaban J connectivity index is 1.42. The van der Waals surface area contributed by atoms with Crippen LogP contribution in [-0.4, -0.2) is 61.7 Å². The van der Waals surface area contributed by atoms with E-state index in [0.717, 1.165) is 24.8 Å². The Bertz CT molecular complexity index is 960. The van der Waals surface area contributed by atoms with Crippen LogP contribution < -0.4 is 0 Å². The molecule has 8 nitrogen and oxygen atoms in total. The van der Waals surface area contributed by atoms with Gasteiger partial charge in [0.15, 0.2) is 19.4 Å². The van der Waals surface area contributed by atoms with Crippen molar-refractivity contribution >= 4 is 11.8 Å². The fourth-order valence-electron chi connectivity index (χ4n) is 9.01. The normalized spacial score (nSPS) is 51.4. The van der Waals surface area contributed by atoms with Crippen molar-refractivity contribution in [2.45, 2.75) is 63.4 Å². The predicted molar refractivity (Wildman–Crippen MR) is 118 cm³/mol. The number of rotatable bonds is 2. The highest BCUT2D eigenvalue weighted by atomic mass is 16.9. The number of fused-ring (bicyclic) bond motifs is 7. The van der Waals surface area contributed by atoms with Gasteiger partial charge in [-0.15, -0.1) is 0 Å². The monoisotopic (exact) mass is 474 g/mol. The molecule has 3 saturated carbocycles. The highest BCUT2D eigenvalue weighted by Gasteiger charge is 2.77. The van der Waals surface area contributed by atoms with Gasteiger partial charge in [0.2, 0.25) is 5.79 Å². The number of ether oxygens (including phenoxy) is 5. The van der Waals surface area contributed by atoms with Gasteiger partial charge in [-0.2, -0.15) is 0 Å². The number of aliphatic hydroxyl groups is 1. The molecule has 8 heteroatoms. The van der Waals surface area contributed by atoms with Crippen LogP contribution in [0.4, 0.5) is 0 Å². The molecule has 6 rings (SSSR count). The Kier molecular flexibility index (Phi) is 5.02. The SMILES string of the molecule is COC(=O)C[C@@H]1C[C@@H]2[C@H]([C@@H](O)C[C@@]3(C)[C@H]2CC[C@@]32OCOC23COCO3)[C@@]2(C)C=CC(=O)C=C12. The molecule has 2 heterocycles. The summed E-state index contributed by atoms with van der Waals surface area (Å²) in [6.45, 7) is 4.97. The lowest BCUT2D eigenvalue weighted by molar-refractivity contribution is -0.257. The van der Waals surface area contributed by atoms with Gasteiger partial charge in [0.25, 0.3) is 0 Å². The van der Waals surface area contributed by atoms with E-state index in [9.17, 15) is 14.7 Å². The third-order valence-electron chi connectivity index (χ3n) is 10.3. The van der Waals surface area contributed by atoms with Crippen molar-refractivity contribution in [2.24, 2.45) is 34.5 Å². The van der Waals surface area contributed by atoms with Crippen LogP contribution in [0.5, 0.6) is 0 Å². The zero-order valence-corrected chi connectivity index (χ0v) is 20.1. The number of carbonyl (C=O) groups excluding carboxylic acids is 2. The molecule has 0 aromatic rings. The van der Waals surface area contributed by atoms with E-state index in [4.69, 9.17) is 23.7 Å². The summed E-state index contributed by atoms with van der Waals surface area (Å²) < 4.78 is 29.2. The van der Waals surface area contributed by atoms with Crippen LogP contribution in [0.2, 0.25) is 0 Å². The Hall–Kier alpha value is -1.58. The van der Waals surface area contributed by atoms with E-state index in [0.29, 0.717) is 13.0 Å². The average molecular weight is 475 g/mol. The summed E-state index contributed by atoms with van der Waals surface area (Å²) in [6.07, 6.45) is 7.86. The highest BCUT2D eigenvalue weighted by molar-refractivity contribution is 6.01. The minimum Gasteiger partial charge on any atom is -0.469 e. The second kappa shape index (κ2) is 7.46. The van der Waals surface area contributed by atoms with Crippen LogP contribution in [0.3, 0.4) is 0 Å². The fourth-order valence-corrected chi connectivity index (χ4v) is 9.01. The van der Waals surface area contributed by atoms with E-state index < -0.39 is 22.9 Å². The third kappa shape index (κ3) is 2.72. The van der Waals surface area contributed by atoms with Crippen LogP contribution >= 0.6 is 0 Å². The Morgan fingerprint density at radius 2 is 2.03 bits per heavy atom. The number of hydrogen-bond donors (Lipinski definition) is 1. The number of aliphatic hydroxyl groups excluding tert-OH is 1. The second-order valence-corrected chi connectivity index (χ2v) is 11.5. The summed E-state index contributed by atoms with van der Waals surface area (Å²) in [5, 5.41) is 11.8. The molecule has 0 amide bonds. The lowest BCUT2D eigenvalue weighted by Crippen LogP contribution is -2.66. The van der Waals surface area contributed by atoms with Gasteiger partial charge < -0.3 is 28.8 Å². The minimum absolute atomic E-state index is 0.0516. The molecule has 6 aliphatic rings. The van der Waals surface area contributed by atoms with E-state index in [1.54, 1.807) is 12.2 Å². The van der Waals surface area contributed by atoms with Crippen molar-refractivity contribution in [3.63, 3.8) is 0 Å². The summed E-state index contributed by atoms with van der Waals surface area (Å²) in [6, 6.07) is 0. The number of ketones is 1. The average Bonchev–Trinajstić information content (AvgIpc) is 3.49. The Labute approximate surface area is 199 Å². The molecule has 1 N–H and O–H groups in total. The minimum atomic E-state index is -0.949. The van der Waals surface area contributed by atoms with Crippen LogP contribution in [-0.2, 0) is 33.3 Å². The molecule has 4 aliphatic carbocycles. The van der Waals surface area contributed by atoms with Gasteiger partial charge in [0, 0.05) is 16.7 Å². The molecule has 2 spiro atoms. The van der Waals surface area contributed by atoms with Gasteiger partial charge in [0.05, 0.1) is 19.6 Å². The molecular formula is C26H34O8. The molecular weight excluding hydrogens is 440 g/mol. The van der Waals surface area contributed by atoms with Crippen molar-refractivity contribution in [3.8, 4) is 0 Å². The standard InChI is InChI=1S/C26H34O8/c1-23-6-4-16(27)10-19(23)15(9-21(29)30-3)8-17-18-5-7-25(24(18,2)11-20(28)22(17)23)26(34-14-32-25)12-31-13-33-26/h4,6,10,15,17-18,20,22,28H,5,7-9,11-14H2,1-3H3/t15-,17-,18-,20-,22+,23-,24-,25+,26?/m0/s1. The van der Waals surface area contributed by atoms with Crippen LogP contribution in [0.15, 0.2) is 23.8 Å². The van der Waals surface area contributed by atoms with Crippen LogP contribution in [0.1, 0.15) is 46.0 Å². The summed E-state index contributed by atoms with van der Waals surface area (Å²) in [5.74, 6) is -1.07. The van der Waals surface area contributed by atoms with E-state index in [1.807, 2.05) is 6.08 Å². The fraction of sp³-hybridized carbons (Fsp3) is 0.769. The lowest BCUT2D eigenvalue weighted by Gasteiger charge is -2.62. The van der Waals surface area contributed by atoms with Crippen molar-refractivity contribution in [1.29, 1.82) is 0 Å². The van der Waals surface area contributed by atoms with Crippen molar-refractivity contribution in [3.05, 3.63) is 23.8 Å². The molecule has 34 heavy (non-hydrogen) atoms. The number of hydrogen-bond acceptors (Lipinski definition) is 8. The first kappa shape index (κ1) is 22.9. The first-order valence-corrected chi connectivity index (χ1v) is 12.4. The maximum absolute atomic E-state index is 12.4. The largest absolute Gasteiger partial charge is 0.469 e. The van der Waals surface area contributed by atoms with Crippen molar-refractivity contribution < 1.29 is 38.4 Å². The smallest absolute Gasteiger partial charge is 0.306 e. The first-order chi connectivity index (χ1) is 16.2. The van der Waals surface area contributed by atoms with Gasteiger partial charge in [-0.1, -0.05) is 25.5 Å². The van der Waals surface area contributed by atoms with Gasteiger partial charge >= 0.3 is 5.97 Å². The predicted octanol–water partition coefficient (Wildman–Crippen LogP) is 2.50. The maximum Gasteiger partial charge on any atom is 0.306 e. The molecule has 0 bridgehead atoms. The molecule has 5 fully saturated rings. The molecule has 0 radical (unpaired) electrons. The van der Waals surface area contributed by atoms with E-state index >= 15 is 0 Å². The summed E-state index contributed by atoms with van der Waals surface area (Å²) in [4.78, 5) is 24.7. The van der Waals surface area contributed by atoms with Gasteiger partial charge in [-0.25, -0.2) is 0 Å². The van der Waals surface area contributed by atoms with E-state index in [2.05, 4.69) is 13.8 Å². The molecule has 1 unspecified atom stereocenters. The number of methoxy groups -OCH3 is 1. The zero-order valence-electron chi connectivity index (χ0n) is 20.1. The maximum atomic E-state index is 12.4. The van der Waals surface area contributed by atoms with Gasteiger partial charge in [0.1, 0.15) is 12.2 Å². The molecule has 186 valence electrons. The molecule has 2 aliphatic heterocycles. The zero-order chi connectivity index (χ0) is 23.9. The van der Waals surface area contributed by atoms with Crippen LogP contribution in [0.25, 0.3) is 0 Å². The highest BCUT2D eigenvalue weighted by Crippen LogP contribution is 2.71. The molecule has 2 saturated heterocycles. The molecule has 0 aromatic carbocycles. The summed E-state index contributed by atoms with van der Waals surface area (Å²) >= 11 is 0. The second-order valence-electron chi connectivity index (χ2n) is 11.5. The quantitative estimate of drug-likeness (QED) is 0.610. The molecule has 0 aromatic heterocycles. The summed E-state index contributed by atoms with van der Waals surface area (Å²) in [7, 11) is 1.40. The van der Waals surface area contributed by atoms with Crippen molar-refractivity contribution in [2.75, 3.05) is 27.3 Å². The van der Waals surface area contributed by atoms with Gasteiger partial charge in [-0.05, 0) is 55.6 Å². The molecule has 9 atom stereocenters. The van der Waals surface area contributed by atoms with E-state index in [-0.39, 0.29) is 60.8 Å². The number of esters is 1. The first-order valence-electron chi connectivity index (χ1n) is 12.4. The van der Waals surface area contributed by atoms with Crippen molar-refractivity contribution in [1.82, 2.24) is 0 Å². The Morgan fingerprint density at radius 1 is 1.24 bits per heavy atom. The number of allylic oxidation sites excluding steroid dienone is 4.